The zero-order chi connectivity index (χ0) is 14.0. The molecule has 1 aromatic carbocycles. The number of nitrogens with two attached hydrogens (primary N) is 1. The van der Waals surface area contributed by atoms with Gasteiger partial charge in [0.15, 0.2) is 0 Å². The van der Waals surface area contributed by atoms with Gasteiger partial charge in [-0.05, 0) is 44.6 Å². The zero-order valence-corrected chi connectivity index (χ0v) is 11.6. The van der Waals surface area contributed by atoms with Gasteiger partial charge in [-0.25, -0.2) is 17.5 Å². The molecule has 1 aliphatic rings. The molecule has 106 valence electrons. The maximum absolute atomic E-state index is 13.0. The molecule has 1 fully saturated rings. The first kappa shape index (κ1) is 14.2. The Labute approximate surface area is 112 Å². The lowest BCUT2D eigenvalue weighted by Gasteiger charge is -2.29. The van der Waals surface area contributed by atoms with Crippen molar-refractivity contribution in [1.29, 1.82) is 0 Å². The molecule has 1 aliphatic heterocycles. The van der Waals surface area contributed by atoms with E-state index in [0.717, 1.165) is 31.5 Å². The van der Waals surface area contributed by atoms with Crippen LogP contribution in [0.3, 0.4) is 0 Å². The Morgan fingerprint density at radius 2 is 2.21 bits per heavy atom. The highest BCUT2D eigenvalue weighted by atomic mass is 32.2. The van der Waals surface area contributed by atoms with E-state index in [2.05, 4.69) is 9.62 Å². The lowest BCUT2D eigenvalue weighted by atomic mass is 10.1. The van der Waals surface area contributed by atoms with Crippen LogP contribution in [-0.2, 0) is 10.0 Å². The second-order valence-electron chi connectivity index (χ2n) is 4.91. The summed E-state index contributed by atoms with van der Waals surface area (Å²) in [5, 5.41) is 0. The van der Waals surface area contributed by atoms with Crippen molar-refractivity contribution in [1.82, 2.24) is 9.62 Å². The van der Waals surface area contributed by atoms with Crippen LogP contribution in [0.5, 0.6) is 0 Å². The van der Waals surface area contributed by atoms with E-state index >= 15 is 0 Å². The number of benzene rings is 1. The Kier molecular flexibility index (Phi) is 4.07. The molecule has 1 unspecified atom stereocenters. The van der Waals surface area contributed by atoms with Crippen LogP contribution in [0.25, 0.3) is 0 Å². The Morgan fingerprint density at radius 3 is 2.84 bits per heavy atom. The molecule has 1 aromatic rings. The Bertz CT molecular complexity index is 562. The van der Waals surface area contributed by atoms with Crippen LogP contribution in [0, 0.1) is 5.82 Å². The van der Waals surface area contributed by atoms with E-state index < -0.39 is 15.8 Å². The third-order valence-electron chi connectivity index (χ3n) is 3.22. The number of piperidine rings is 1. The van der Waals surface area contributed by atoms with Gasteiger partial charge in [0.2, 0.25) is 10.0 Å². The molecule has 0 amide bonds. The number of anilines is 1. The molecule has 7 heteroatoms. The van der Waals surface area contributed by atoms with Gasteiger partial charge in [-0.1, -0.05) is 0 Å². The second kappa shape index (κ2) is 5.44. The lowest BCUT2D eigenvalue weighted by Crippen LogP contribution is -2.46. The van der Waals surface area contributed by atoms with Crippen molar-refractivity contribution in [3.8, 4) is 0 Å². The number of likely N-dealkylation sites (N-methyl/N-ethyl adjacent to an activating group) is 1. The molecular formula is C12H18FN3O2S. The van der Waals surface area contributed by atoms with E-state index in [4.69, 9.17) is 5.73 Å². The normalized spacial score (nSPS) is 21.5. The molecule has 1 atom stereocenters. The summed E-state index contributed by atoms with van der Waals surface area (Å²) in [7, 11) is -1.69. The first-order chi connectivity index (χ1) is 8.88. The number of nitrogen functional groups attached to an aromatic ring is 1. The van der Waals surface area contributed by atoms with E-state index in [1.54, 1.807) is 0 Å². The molecule has 0 radical (unpaired) electrons. The van der Waals surface area contributed by atoms with Crippen molar-refractivity contribution < 1.29 is 12.8 Å². The summed E-state index contributed by atoms with van der Waals surface area (Å²) in [6.07, 6.45) is 1.76. The Balaban J connectivity index is 2.15. The van der Waals surface area contributed by atoms with Crippen molar-refractivity contribution in [2.45, 2.75) is 23.8 Å². The minimum atomic E-state index is -3.65. The number of rotatable bonds is 3. The SMILES string of the molecule is CN1CCCC(NS(=O)(=O)c2ccc(F)c(N)c2)C1. The molecule has 1 heterocycles. The van der Waals surface area contributed by atoms with Crippen molar-refractivity contribution >= 4 is 15.7 Å². The average molecular weight is 287 g/mol. The molecule has 19 heavy (non-hydrogen) atoms. The van der Waals surface area contributed by atoms with Crippen LogP contribution in [0.15, 0.2) is 23.1 Å². The number of nitrogens with one attached hydrogen (secondary N) is 1. The van der Waals surface area contributed by atoms with E-state index in [1.807, 2.05) is 7.05 Å². The summed E-state index contributed by atoms with van der Waals surface area (Å²) >= 11 is 0. The largest absolute Gasteiger partial charge is 0.396 e. The maximum atomic E-state index is 13.0. The van der Waals surface area contributed by atoms with Gasteiger partial charge in [0.05, 0.1) is 10.6 Å². The summed E-state index contributed by atoms with van der Waals surface area (Å²) in [5.74, 6) is -0.614. The van der Waals surface area contributed by atoms with Gasteiger partial charge in [0, 0.05) is 12.6 Å². The minimum Gasteiger partial charge on any atom is -0.396 e. The van der Waals surface area contributed by atoms with E-state index in [9.17, 15) is 12.8 Å². The van der Waals surface area contributed by atoms with Gasteiger partial charge in [0.1, 0.15) is 5.82 Å². The first-order valence-electron chi connectivity index (χ1n) is 6.14. The summed E-state index contributed by atoms with van der Waals surface area (Å²) < 4.78 is 40.0. The van der Waals surface area contributed by atoms with Gasteiger partial charge in [-0.2, -0.15) is 0 Å². The highest BCUT2D eigenvalue weighted by Gasteiger charge is 2.24. The number of halogens is 1. The van der Waals surface area contributed by atoms with Crippen molar-refractivity contribution in [2.75, 3.05) is 25.9 Å². The lowest BCUT2D eigenvalue weighted by molar-refractivity contribution is 0.242. The minimum absolute atomic E-state index is 0.000346. The average Bonchev–Trinajstić information content (AvgIpc) is 2.32. The fourth-order valence-electron chi connectivity index (χ4n) is 2.24. The predicted octanol–water partition coefficient (Wildman–Crippen LogP) is 0.780. The molecular weight excluding hydrogens is 269 g/mol. The molecule has 3 N–H and O–H groups in total. The van der Waals surface area contributed by atoms with Crippen molar-refractivity contribution in [2.24, 2.45) is 0 Å². The summed E-state index contributed by atoms with van der Waals surface area (Å²) in [6.45, 7) is 1.65. The molecule has 2 rings (SSSR count). The Morgan fingerprint density at radius 1 is 1.47 bits per heavy atom. The number of hydrogen-bond donors (Lipinski definition) is 2. The van der Waals surface area contributed by atoms with Crippen LogP contribution in [0.4, 0.5) is 10.1 Å². The molecule has 1 saturated heterocycles. The van der Waals surface area contributed by atoms with Gasteiger partial charge in [-0.15, -0.1) is 0 Å². The Hall–Kier alpha value is -1.18. The maximum Gasteiger partial charge on any atom is 0.240 e. The molecule has 0 saturated carbocycles. The molecule has 0 bridgehead atoms. The highest BCUT2D eigenvalue weighted by molar-refractivity contribution is 7.89. The van der Waals surface area contributed by atoms with Gasteiger partial charge >= 0.3 is 0 Å². The first-order valence-corrected chi connectivity index (χ1v) is 7.63. The van der Waals surface area contributed by atoms with Crippen LogP contribution in [-0.4, -0.2) is 39.5 Å². The monoisotopic (exact) mass is 287 g/mol. The highest BCUT2D eigenvalue weighted by Crippen LogP contribution is 2.18. The molecule has 5 nitrogen and oxygen atoms in total. The molecule has 0 spiro atoms. The zero-order valence-electron chi connectivity index (χ0n) is 10.8. The third-order valence-corrected chi connectivity index (χ3v) is 4.74. The van der Waals surface area contributed by atoms with Crippen LogP contribution < -0.4 is 10.5 Å². The second-order valence-corrected chi connectivity index (χ2v) is 6.62. The summed E-state index contributed by atoms with van der Waals surface area (Å²) in [5.41, 5.74) is 5.23. The summed E-state index contributed by atoms with van der Waals surface area (Å²) in [4.78, 5) is 2.08. The molecule has 0 aromatic heterocycles. The van der Waals surface area contributed by atoms with E-state index in [0.29, 0.717) is 6.54 Å². The van der Waals surface area contributed by atoms with Gasteiger partial charge < -0.3 is 10.6 Å². The van der Waals surface area contributed by atoms with Crippen molar-refractivity contribution in [3.05, 3.63) is 24.0 Å². The topological polar surface area (TPSA) is 75.4 Å². The number of likely N-dealkylation sites (tertiary alicyclic amines) is 1. The predicted molar refractivity (Wildman–Crippen MR) is 71.7 cm³/mol. The third kappa shape index (κ3) is 3.43. The standard InChI is InChI=1S/C12H18FN3O2S/c1-16-6-2-3-9(8-16)15-19(17,18)10-4-5-11(13)12(14)7-10/h4-5,7,9,15H,2-3,6,8,14H2,1H3. The van der Waals surface area contributed by atoms with Crippen LogP contribution in [0.2, 0.25) is 0 Å². The number of nitrogens with zero attached hydrogens (tertiary/aromatic N) is 1. The fraction of sp³-hybridized carbons (Fsp3) is 0.500. The van der Waals surface area contributed by atoms with Crippen LogP contribution in [0.1, 0.15) is 12.8 Å². The van der Waals surface area contributed by atoms with Crippen LogP contribution >= 0.6 is 0 Å². The van der Waals surface area contributed by atoms with E-state index in [-0.39, 0.29) is 16.6 Å². The molecule has 0 aliphatic carbocycles. The van der Waals surface area contributed by atoms with Gasteiger partial charge in [0.25, 0.3) is 0 Å². The van der Waals surface area contributed by atoms with Gasteiger partial charge in [-0.3, -0.25) is 0 Å². The van der Waals surface area contributed by atoms with Crippen molar-refractivity contribution in [3.63, 3.8) is 0 Å². The number of sulfonamides is 1. The quantitative estimate of drug-likeness (QED) is 0.806. The smallest absolute Gasteiger partial charge is 0.240 e. The summed E-state index contributed by atoms with van der Waals surface area (Å²) in [6, 6.07) is 3.32. The van der Waals surface area contributed by atoms with E-state index in [1.165, 1.54) is 6.07 Å². The fourth-order valence-corrected chi connectivity index (χ4v) is 3.54. The number of hydrogen-bond acceptors (Lipinski definition) is 4.